The molecule has 6 N–H and O–H groups in total. The van der Waals surface area contributed by atoms with Crippen LogP contribution in [0.2, 0.25) is 0 Å². The van der Waals surface area contributed by atoms with Crippen LogP contribution in [0.3, 0.4) is 0 Å². The van der Waals surface area contributed by atoms with Gasteiger partial charge in [-0.15, -0.1) is 4.98 Å². The van der Waals surface area contributed by atoms with Crippen LogP contribution in [0.4, 0.5) is 11.9 Å². The molecule has 2 aromatic rings. The van der Waals surface area contributed by atoms with E-state index in [1.165, 1.54) is 32.0 Å². The van der Waals surface area contributed by atoms with Gasteiger partial charge in [0.1, 0.15) is 18.8 Å². The summed E-state index contributed by atoms with van der Waals surface area (Å²) >= 11 is 1.38. The summed E-state index contributed by atoms with van der Waals surface area (Å²) in [6.45, 7) is 32.2. The zero-order chi connectivity index (χ0) is 47.6. The first-order chi connectivity index (χ1) is 29.2. The van der Waals surface area contributed by atoms with Crippen molar-refractivity contribution >= 4 is 23.7 Å². The van der Waals surface area contributed by atoms with Crippen LogP contribution in [0.5, 0.6) is 18.0 Å². The number of nitrogens with zero attached hydrogens (tertiary/aromatic N) is 10. The minimum atomic E-state index is -0.545. The van der Waals surface area contributed by atoms with Crippen molar-refractivity contribution in [2.24, 2.45) is 0 Å². The second-order valence-electron chi connectivity index (χ2n) is 23.7. The molecule has 19 nitrogen and oxygen atoms in total. The van der Waals surface area contributed by atoms with Gasteiger partial charge < -0.3 is 45.7 Å². The molecule has 0 spiro atoms. The third-order valence-electron chi connectivity index (χ3n) is 13.4. The fourth-order valence-corrected chi connectivity index (χ4v) is 11.9. The Bertz CT molecular complexity index is 1630. The van der Waals surface area contributed by atoms with Crippen LogP contribution in [0.15, 0.2) is 5.16 Å². The minimum absolute atomic E-state index is 0.0370. The van der Waals surface area contributed by atoms with Gasteiger partial charge in [-0.2, -0.15) is 45.2 Å². The number of nitrogens with one attached hydrogen (secondary N) is 2. The molecule has 4 saturated heterocycles. The number of aromatic nitrogens is 6. The molecule has 0 atom stereocenters. The molecule has 0 saturated carbocycles. The molecule has 4 aliphatic heterocycles. The van der Waals surface area contributed by atoms with E-state index in [2.05, 4.69) is 20.6 Å². The van der Waals surface area contributed by atoms with Crippen LogP contribution < -0.4 is 24.8 Å². The lowest BCUT2D eigenvalue weighted by Gasteiger charge is -2.51. The number of ether oxygens (including phenoxy) is 3. The molecule has 64 heavy (non-hydrogen) atoms. The molecule has 4 aliphatic rings. The summed E-state index contributed by atoms with van der Waals surface area (Å²) in [5.41, 5.74) is -4.13. The average molecular weight is 919 g/mol. The number of thioether (sulfide) groups is 1. The highest BCUT2D eigenvalue weighted by Gasteiger charge is 2.49. The highest BCUT2D eigenvalue weighted by Crippen LogP contribution is 2.42. The van der Waals surface area contributed by atoms with E-state index in [1.807, 2.05) is 111 Å². The fraction of sp³-hybridized carbons (Fsp3) is 0.864. The van der Waals surface area contributed by atoms with Crippen molar-refractivity contribution in [3.05, 3.63) is 0 Å². The normalized spacial score (nSPS) is 26.3. The summed E-state index contributed by atoms with van der Waals surface area (Å²) in [5.74, 6) is 1.11. The molecular weight excluding hydrogens is 841 g/mol. The van der Waals surface area contributed by atoms with Crippen LogP contribution in [-0.4, -0.2) is 152 Å². The predicted octanol–water partition coefficient (Wildman–Crippen LogP) is 7.45. The molecule has 0 aliphatic carbocycles. The highest BCUT2D eigenvalue weighted by molar-refractivity contribution is 7.99. The third-order valence-corrected chi connectivity index (χ3v) is 14.2. The lowest BCUT2D eigenvalue weighted by Crippen LogP contribution is -2.61. The second-order valence-corrected chi connectivity index (χ2v) is 24.7. The molecule has 0 radical (unpaired) electrons. The number of hydroxylamine groups is 8. The molecule has 6 rings (SSSR count). The number of rotatable bonds is 13. The van der Waals surface area contributed by atoms with Gasteiger partial charge in [0.05, 0.1) is 0 Å². The summed E-state index contributed by atoms with van der Waals surface area (Å²) in [5, 5.41) is 57.0. The Balaban J connectivity index is 1.21. The third kappa shape index (κ3) is 11.4. The first-order valence-electron chi connectivity index (χ1n) is 22.8. The van der Waals surface area contributed by atoms with Gasteiger partial charge in [0.25, 0.3) is 0 Å². The lowest BCUT2D eigenvalue weighted by atomic mass is 9.79. The van der Waals surface area contributed by atoms with Crippen molar-refractivity contribution in [3.8, 4) is 18.0 Å². The molecule has 6 heterocycles. The summed E-state index contributed by atoms with van der Waals surface area (Å²) in [6, 6.07) is 0.298. The van der Waals surface area contributed by atoms with E-state index in [9.17, 15) is 20.8 Å². The summed E-state index contributed by atoms with van der Waals surface area (Å²) in [4.78, 5) is 28.3. The maximum atomic E-state index is 11.0. The fourth-order valence-electron chi connectivity index (χ4n) is 11.2. The van der Waals surface area contributed by atoms with Gasteiger partial charge in [-0.1, -0.05) is 11.8 Å². The number of hydrogen-bond donors (Lipinski definition) is 6. The van der Waals surface area contributed by atoms with Crippen LogP contribution in [0, 0.1) is 0 Å². The molecule has 20 heteroatoms. The van der Waals surface area contributed by atoms with Crippen LogP contribution in [0.1, 0.15) is 162 Å². The smallest absolute Gasteiger partial charge is 0.324 e. The zero-order valence-corrected chi connectivity index (χ0v) is 42.1. The molecule has 2 aromatic heterocycles. The Morgan fingerprint density at radius 2 is 0.766 bits per heavy atom. The predicted molar refractivity (Wildman–Crippen MR) is 244 cm³/mol. The minimum Gasteiger partial charge on any atom is -0.462 e. The van der Waals surface area contributed by atoms with Gasteiger partial charge in [0, 0.05) is 87.8 Å². The summed E-state index contributed by atoms with van der Waals surface area (Å²) in [6.07, 6.45) is 4.27. The standard InChI is InChI=1S/C44H78N12O7S/c1-37(2)19-27(20-38(3,4)53(37)57)45-31-47-33(51-34(48-31)62-29-23-41(9,10)55(59)42(11,12)24-29)61-17-18-64-36-50-32(46-28-21-39(5,6)54(58)40(7,8)22-28)49-35(52-36)63-30-25-43(13,14)56(60)44(15,16)26-30/h27-30,57-60H,17-26H2,1-16H3,(H,45,47,48,51)(H,46,49,50,52). The van der Waals surface area contributed by atoms with Gasteiger partial charge in [-0.05, 0) is 136 Å². The Hall–Kier alpha value is -2.95. The van der Waals surface area contributed by atoms with Gasteiger partial charge in [-0.3, -0.25) is 0 Å². The zero-order valence-electron chi connectivity index (χ0n) is 41.3. The topological polar surface area (TPSA) is 223 Å². The quantitative estimate of drug-likeness (QED) is 0.0848. The van der Waals surface area contributed by atoms with Crippen molar-refractivity contribution < 1.29 is 35.0 Å². The van der Waals surface area contributed by atoms with E-state index < -0.39 is 44.3 Å². The van der Waals surface area contributed by atoms with Crippen molar-refractivity contribution in [2.45, 2.75) is 236 Å². The van der Waals surface area contributed by atoms with E-state index in [0.717, 1.165) is 0 Å². The van der Waals surface area contributed by atoms with Gasteiger partial charge in [0.15, 0.2) is 5.16 Å². The Labute approximate surface area is 384 Å². The van der Waals surface area contributed by atoms with E-state index >= 15 is 0 Å². The van der Waals surface area contributed by atoms with Gasteiger partial charge in [-0.25, -0.2) is 0 Å². The highest BCUT2D eigenvalue weighted by atomic mass is 32.2. The van der Waals surface area contributed by atoms with Crippen molar-refractivity contribution in [1.82, 2.24) is 50.2 Å². The van der Waals surface area contributed by atoms with Crippen LogP contribution in [0.25, 0.3) is 0 Å². The molecule has 0 aromatic carbocycles. The Morgan fingerprint density at radius 3 is 1.14 bits per heavy atom. The average Bonchev–Trinajstić information content (AvgIpc) is 3.11. The number of anilines is 2. The van der Waals surface area contributed by atoms with Crippen LogP contribution in [-0.2, 0) is 0 Å². The summed E-state index contributed by atoms with van der Waals surface area (Å²) < 4.78 is 19.2. The molecular formula is C44H78N12O7S. The molecule has 362 valence electrons. The van der Waals surface area contributed by atoms with Gasteiger partial charge >= 0.3 is 18.0 Å². The largest absolute Gasteiger partial charge is 0.462 e. The first-order valence-corrected chi connectivity index (χ1v) is 23.8. The summed E-state index contributed by atoms with van der Waals surface area (Å²) in [7, 11) is 0. The monoisotopic (exact) mass is 919 g/mol. The van der Waals surface area contributed by atoms with E-state index in [-0.39, 0.29) is 48.9 Å². The van der Waals surface area contributed by atoms with Gasteiger partial charge in [0.2, 0.25) is 11.9 Å². The van der Waals surface area contributed by atoms with E-state index in [1.54, 1.807) is 0 Å². The van der Waals surface area contributed by atoms with Crippen molar-refractivity contribution in [2.75, 3.05) is 23.0 Å². The maximum absolute atomic E-state index is 11.0. The lowest BCUT2D eigenvalue weighted by molar-refractivity contribution is -0.255. The number of hydrogen-bond acceptors (Lipinski definition) is 20. The van der Waals surface area contributed by atoms with Crippen molar-refractivity contribution in [1.29, 1.82) is 0 Å². The SMILES string of the molecule is CC1(C)CC(Nc2nc(OCCSc3nc(NC4CC(C)(C)N(O)C(C)(C)C4)nc(OC4CC(C)(C)N(O)C(C)(C)C4)n3)nc(OC3CC(C)(C)N(O)C(C)(C)C3)n2)CC(C)(C)N1O. The van der Waals surface area contributed by atoms with Crippen LogP contribution >= 0.6 is 11.8 Å². The molecule has 4 fully saturated rings. The second kappa shape index (κ2) is 17.6. The van der Waals surface area contributed by atoms with Crippen molar-refractivity contribution in [3.63, 3.8) is 0 Å². The van der Waals surface area contributed by atoms with E-state index in [4.69, 9.17) is 34.1 Å². The maximum Gasteiger partial charge on any atom is 0.324 e. The number of piperidine rings is 4. The molecule has 0 bridgehead atoms. The molecule has 0 unspecified atom stereocenters. The van der Waals surface area contributed by atoms with E-state index in [0.29, 0.717) is 74.2 Å². The Morgan fingerprint density at radius 1 is 0.453 bits per heavy atom. The Kier molecular flexibility index (Phi) is 13.9. The first kappa shape index (κ1) is 50.5. The molecule has 0 amide bonds.